The van der Waals surface area contributed by atoms with Gasteiger partial charge in [-0.1, -0.05) is 54.6 Å². The number of aromatic nitrogens is 1. The maximum Gasteiger partial charge on any atom is 0.246 e. The van der Waals surface area contributed by atoms with E-state index in [-0.39, 0.29) is 5.91 Å². The third kappa shape index (κ3) is 4.93. The number of para-hydroxylation sites is 3. The molecule has 0 fully saturated rings. The number of carbonyl (C=O) groups excluding carboxylic acids is 1. The first-order chi connectivity index (χ1) is 15.2. The van der Waals surface area contributed by atoms with Crippen LogP contribution >= 0.6 is 11.3 Å². The van der Waals surface area contributed by atoms with Crippen molar-refractivity contribution in [2.75, 3.05) is 19.0 Å². The van der Waals surface area contributed by atoms with Crippen molar-refractivity contribution in [1.82, 2.24) is 9.88 Å². The molecule has 1 amide bonds. The molecule has 1 aromatic heterocycles. The summed E-state index contributed by atoms with van der Waals surface area (Å²) in [6.45, 7) is 3.03. The number of thiazole rings is 1. The van der Waals surface area contributed by atoms with Crippen molar-refractivity contribution in [2.24, 2.45) is 0 Å². The van der Waals surface area contributed by atoms with Gasteiger partial charge < -0.3 is 10.1 Å². The summed E-state index contributed by atoms with van der Waals surface area (Å²) in [5.74, 6) is 0.556. The molecule has 3 aromatic carbocycles. The smallest absolute Gasteiger partial charge is 0.246 e. The van der Waals surface area contributed by atoms with E-state index in [1.807, 2.05) is 91.7 Å². The molecule has 4 aromatic rings. The Labute approximate surface area is 186 Å². The largest absolute Gasteiger partial charge is 0.492 e. The van der Waals surface area contributed by atoms with Gasteiger partial charge in [0.25, 0.3) is 0 Å². The number of ether oxygens (including phenoxy) is 1. The molecule has 31 heavy (non-hydrogen) atoms. The third-order valence-corrected chi connectivity index (χ3v) is 5.99. The molecule has 0 spiro atoms. The molecule has 0 aliphatic rings. The fourth-order valence-electron chi connectivity index (χ4n) is 3.59. The molecule has 0 bridgehead atoms. The average Bonchev–Trinajstić information content (AvgIpc) is 3.18. The summed E-state index contributed by atoms with van der Waals surface area (Å²) in [5.41, 5.74) is 2.59. The number of nitrogens with zero attached hydrogens (tertiary/aromatic N) is 2. The number of hydrogen-bond acceptors (Lipinski definition) is 5. The monoisotopic (exact) mass is 431 g/mol. The van der Waals surface area contributed by atoms with Crippen molar-refractivity contribution >= 4 is 33.1 Å². The number of fused-ring (bicyclic) bond motifs is 1. The highest BCUT2D eigenvalue weighted by Crippen LogP contribution is 2.29. The maximum absolute atomic E-state index is 13.4. The number of likely N-dealkylation sites (N-methyl/N-ethyl adjacent to an activating group) is 1. The van der Waals surface area contributed by atoms with Crippen LogP contribution in [0.1, 0.15) is 23.5 Å². The summed E-state index contributed by atoms with van der Waals surface area (Å²) >= 11 is 1.66. The zero-order chi connectivity index (χ0) is 21.6. The van der Waals surface area contributed by atoms with Gasteiger partial charge in [-0.3, -0.25) is 9.69 Å². The molecule has 0 aliphatic carbocycles. The molecular weight excluding hydrogens is 406 g/mol. The number of nitrogens with one attached hydrogen (secondary N) is 1. The Morgan fingerprint density at radius 2 is 1.74 bits per heavy atom. The van der Waals surface area contributed by atoms with Crippen LogP contribution in [-0.4, -0.2) is 29.4 Å². The van der Waals surface area contributed by atoms with Crippen LogP contribution in [0.2, 0.25) is 0 Å². The SMILES string of the molecule is CCOc1ccccc1NC(=O)C(c1ccccc1)N(C)Cc1nc2ccccc2s1. The lowest BCUT2D eigenvalue weighted by Crippen LogP contribution is -2.34. The Morgan fingerprint density at radius 1 is 1.03 bits per heavy atom. The van der Waals surface area contributed by atoms with E-state index in [4.69, 9.17) is 9.72 Å². The third-order valence-electron chi connectivity index (χ3n) is 4.97. The highest BCUT2D eigenvalue weighted by Gasteiger charge is 2.26. The van der Waals surface area contributed by atoms with Crippen LogP contribution in [0, 0.1) is 0 Å². The lowest BCUT2D eigenvalue weighted by Gasteiger charge is -2.27. The van der Waals surface area contributed by atoms with Gasteiger partial charge in [0.05, 0.1) is 29.1 Å². The van der Waals surface area contributed by atoms with Crippen LogP contribution in [0.5, 0.6) is 5.75 Å². The van der Waals surface area contributed by atoms with Gasteiger partial charge in [0, 0.05) is 0 Å². The molecule has 4 rings (SSSR count). The van der Waals surface area contributed by atoms with E-state index in [1.54, 1.807) is 11.3 Å². The van der Waals surface area contributed by atoms with Crippen molar-refractivity contribution in [2.45, 2.75) is 19.5 Å². The first-order valence-corrected chi connectivity index (χ1v) is 11.1. The Balaban J connectivity index is 1.60. The van der Waals surface area contributed by atoms with Gasteiger partial charge in [0.1, 0.15) is 16.8 Å². The minimum Gasteiger partial charge on any atom is -0.492 e. The lowest BCUT2D eigenvalue weighted by molar-refractivity contribution is -0.121. The van der Waals surface area contributed by atoms with Gasteiger partial charge >= 0.3 is 0 Å². The number of benzene rings is 3. The van der Waals surface area contributed by atoms with E-state index in [0.717, 1.165) is 20.8 Å². The van der Waals surface area contributed by atoms with Crippen molar-refractivity contribution in [3.63, 3.8) is 0 Å². The first-order valence-electron chi connectivity index (χ1n) is 10.3. The summed E-state index contributed by atoms with van der Waals surface area (Å²) in [7, 11) is 1.96. The maximum atomic E-state index is 13.4. The van der Waals surface area contributed by atoms with E-state index in [2.05, 4.69) is 11.4 Å². The molecule has 5 nitrogen and oxygen atoms in total. The van der Waals surface area contributed by atoms with E-state index >= 15 is 0 Å². The van der Waals surface area contributed by atoms with Gasteiger partial charge in [0.15, 0.2) is 0 Å². The molecule has 1 unspecified atom stereocenters. The molecule has 1 heterocycles. The van der Waals surface area contributed by atoms with Crippen molar-refractivity contribution in [3.8, 4) is 5.75 Å². The standard InChI is InChI=1S/C25H25N3O2S/c1-3-30-21-15-9-7-13-19(21)27-25(29)24(18-11-5-4-6-12-18)28(2)17-23-26-20-14-8-10-16-22(20)31-23/h4-16,24H,3,17H2,1-2H3,(H,27,29). The number of rotatable bonds is 8. The predicted octanol–water partition coefficient (Wildman–Crippen LogP) is 5.51. The Kier molecular flexibility index (Phi) is 6.60. The molecule has 6 heteroatoms. The van der Waals surface area contributed by atoms with Crippen LogP contribution in [0.25, 0.3) is 10.2 Å². The molecular formula is C25H25N3O2S. The number of amides is 1. The van der Waals surface area contributed by atoms with Crippen LogP contribution in [-0.2, 0) is 11.3 Å². The Hall–Kier alpha value is -3.22. The van der Waals surface area contributed by atoms with Gasteiger partial charge in [-0.15, -0.1) is 11.3 Å². The Morgan fingerprint density at radius 3 is 2.52 bits per heavy atom. The van der Waals surface area contributed by atoms with Gasteiger partial charge in [-0.2, -0.15) is 0 Å². The molecule has 1 atom stereocenters. The quantitative estimate of drug-likeness (QED) is 0.400. The van der Waals surface area contributed by atoms with Gasteiger partial charge in [-0.25, -0.2) is 4.98 Å². The van der Waals surface area contributed by atoms with Crippen LogP contribution in [0.15, 0.2) is 78.9 Å². The predicted molar refractivity (Wildman–Crippen MR) is 127 cm³/mol. The van der Waals surface area contributed by atoms with Crippen molar-refractivity contribution in [1.29, 1.82) is 0 Å². The summed E-state index contributed by atoms with van der Waals surface area (Å²) in [6.07, 6.45) is 0. The highest BCUT2D eigenvalue weighted by molar-refractivity contribution is 7.18. The van der Waals surface area contributed by atoms with Crippen molar-refractivity contribution < 1.29 is 9.53 Å². The summed E-state index contributed by atoms with van der Waals surface area (Å²) < 4.78 is 6.83. The van der Waals surface area contributed by atoms with Crippen LogP contribution in [0.4, 0.5) is 5.69 Å². The van der Waals surface area contributed by atoms with Crippen molar-refractivity contribution in [3.05, 3.63) is 89.4 Å². The summed E-state index contributed by atoms with van der Waals surface area (Å²) in [5, 5.41) is 4.04. The van der Waals surface area contributed by atoms with E-state index in [9.17, 15) is 4.79 Å². The average molecular weight is 432 g/mol. The molecule has 0 saturated heterocycles. The Bertz CT molecular complexity index is 1130. The second-order valence-electron chi connectivity index (χ2n) is 7.22. The second-order valence-corrected chi connectivity index (χ2v) is 8.34. The minimum atomic E-state index is -0.470. The number of carbonyl (C=O) groups is 1. The number of anilines is 1. The first kappa shape index (κ1) is 21.0. The zero-order valence-corrected chi connectivity index (χ0v) is 18.4. The molecule has 0 aliphatic heterocycles. The topological polar surface area (TPSA) is 54.5 Å². The van der Waals surface area contributed by atoms with E-state index in [0.29, 0.717) is 24.6 Å². The molecule has 1 N–H and O–H groups in total. The fourth-order valence-corrected chi connectivity index (χ4v) is 4.62. The second kappa shape index (κ2) is 9.73. The normalized spacial score (nSPS) is 12.1. The van der Waals surface area contributed by atoms with Gasteiger partial charge in [-0.05, 0) is 43.8 Å². The number of hydrogen-bond donors (Lipinski definition) is 1. The molecule has 158 valence electrons. The summed E-state index contributed by atoms with van der Waals surface area (Å²) in [4.78, 5) is 20.2. The fraction of sp³-hybridized carbons (Fsp3) is 0.200. The van der Waals surface area contributed by atoms with Crippen LogP contribution in [0.3, 0.4) is 0 Å². The highest BCUT2D eigenvalue weighted by atomic mass is 32.1. The summed E-state index contributed by atoms with van der Waals surface area (Å²) in [6, 6.07) is 25.0. The molecule has 0 saturated carbocycles. The minimum absolute atomic E-state index is 0.109. The lowest BCUT2D eigenvalue weighted by atomic mass is 10.0. The van der Waals surface area contributed by atoms with Gasteiger partial charge in [0.2, 0.25) is 5.91 Å². The zero-order valence-electron chi connectivity index (χ0n) is 17.6. The van der Waals surface area contributed by atoms with E-state index in [1.165, 1.54) is 0 Å². The molecule has 0 radical (unpaired) electrons. The van der Waals surface area contributed by atoms with E-state index < -0.39 is 6.04 Å². The van der Waals surface area contributed by atoms with Crippen LogP contribution < -0.4 is 10.1 Å².